The first-order valence-corrected chi connectivity index (χ1v) is 23.1. The number of aryl methyl sites for hydroxylation is 2. The zero-order valence-electron chi connectivity index (χ0n) is 37.5. The lowest BCUT2D eigenvalue weighted by atomic mass is 10.1. The number of hydrogen-bond donors (Lipinski definition) is 3. The third-order valence-corrected chi connectivity index (χ3v) is 12.7. The van der Waals surface area contributed by atoms with Crippen LogP contribution in [0.1, 0.15) is 88.5 Å². The monoisotopic (exact) mass is 1060 g/mol. The molecular formula is C47H40F12N6O5S2. The number of hydrogen-bond acceptors (Lipinski definition) is 11. The molecule has 0 atom stereocenters. The number of benzene rings is 4. The highest BCUT2D eigenvalue weighted by Crippen LogP contribution is 2.40. The van der Waals surface area contributed by atoms with E-state index in [4.69, 9.17) is 20.4 Å². The highest BCUT2D eigenvalue weighted by molar-refractivity contribution is 7.15. The molecule has 384 valence electrons. The van der Waals surface area contributed by atoms with Gasteiger partial charge >= 0.3 is 30.5 Å². The summed E-state index contributed by atoms with van der Waals surface area (Å²) < 4.78 is 174. The molecule has 0 fully saturated rings. The van der Waals surface area contributed by atoms with Crippen LogP contribution in [0.3, 0.4) is 0 Å². The third kappa shape index (κ3) is 13.9. The first-order chi connectivity index (χ1) is 33.9. The predicted molar refractivity (Wildman–Crippen MR) is 243 cm³/mol. The second-order valence-electron chi connectivity index (χ2n) is 15.6. The molecule has 0 spiro atoms. The van der Waals surface area contributed by atoms with E-state index >= 15 is 0 Å². The summed E-state index contributed by atoms with van der Waals surface area (Å²) >= 11 is 2.41. The summed E-state index contributed by atoms with van der Waals surface area (Å²) in [6.45, 7) is 3.80. The molecule has 0 aliphatic heterocycles. The number of amidine groups is 1. The zero-order chi connectivity index (χ0) is 52.6. The average molecular weight is 1060 g/mol. The van der Waals surface area contributed by atoms with Crippen molar-refractivity contribution >= 4 is 28.5 Å². The van der Waals surface area contributed by atoms with E-state index in [1.54, 1.807) is 0 Å². The van der Waals surface area contributed by atoms with Crippen LogP contribution in [0.5, 0.6) is 11.5 Å². The number of alkyl halides is 12. The summed E-state index contributed by atoms with van der Waals surface area (Å²) in [6.07, 6.45) is -13.9. The van der Waals surface area contributed by atoms with Gasteiger partial charge < -0.3 is 20.4 Å². The Kier molecular flexibility index (Phi) is 17.1. The molecular weight excluding hydrogens is 1020 g/mol. The van der Waals surface area contributed by atoms with Crippen LogP contribution in [-0.4, -0.2) is 31.2 Å². The quantitative estimate of drug-likeness (QED) is 0.0281. The average Bonchev–Trinajstić information content (AvgIpc) is 4.08. The Morgan fingerprint density at radius 3 is 1.49 bits per heavy atom. The Bertz CT molecular complexity index is 3010. The Hall–Kier alpha value is -6.89. The van der Waals surface area contributed by atoms with Gasteiger partial charge in [-0.2, -0.15) is 52.7 Å². The number of aromatic amines is 1. The molecule has 4 aromatic carbocycles. The fourth-order valence-electron chi connectivity index (χ4n) is 6.74. The second kappa shape index (κ2) is 22.7. The number of aromatic nitrogens is 4. The number of unbranched alkanes of at least 4 members (excludes halogenated alkanes) is 2. The Morgan fingerprint density at radius 2 is 1.10 bits per heavy atom. The summed E-state index contributed by atoms with van der Waals surface area (Å²) in [5.41, 5.74) is 3.08. The molecule has 0 aliphatic rings. The van der Waals surface area contributed by atoms with E-state index in [-0.39, 0.29) is 36.1 Å². The van der Waals surface area contributed by atoms with Crippen molar-refractivity contribution in [3.05, 3.63) is 144 Å². The van der Waals surface area contributed by atoms with Gasteiger partial charge in [-0.05, 0) is 86.3 Å². The minimum absolute atomic E-state index is 0.0761. The fraction of sp³-hybridized carbons (Fsp3) is 0.298. The molecule has 72 heavy (non-hydrogen) atoms. The molecule has 0 aliphatic carbocycles. The van der Waals surface area contributed by atoms with Crippen molar-refractivity contribution < 1.29 is 71.9 Å². The van der Waals surface area contributed by atoms with Gasteiger partial charge in [0, 0.05) is 22.3 Å². The highest BCUT2D eigenvalue weighted by atomic mass is 32.1. The van der Waals surface area contributed by atoms with Gasteiger partial charge in [0.05, 0.1) is 43.4 Å². The highest BCUT2D eigenvalue weighted by Gasteiger charge is 2.37. The molecule has 3 heterocycles. The van der Waals surface area contributed by atoms with Gasteiger partial charge in [-0.15, -0.1) is 22.7 Å². The van der Waals surface area contributed by atoms with Crippen molar-refractivity contribution in [3.63, 3.8) is 0 Å². The van der Waals surface area contributed by atoms with E-state index < -0.39 is 64.1 Å². The van der Waals surface area contributed by atoms with Crippen molar-refractivity contribution in [2.24, 2.45) is 10.9 Å². The van der Waals surface area contributed by atoms with Crippen LogP contribution in [0.2, 0.25) is 0 Å². The maximum absolute atomic E-state index is 13.7. The Morgan fingerprint density at radius 1 is 0.653 bits per heavy atom. The standard InChI is InChI=1S/C24H19F6N3O3S.C23H21F6N3O2S/c1-2-3-4-18-19(37-21(31-18)13-5-7-14(8-6-13)23(25,26)27)12-35-15-9-10-16(17(11-15)24(28,29)30)20-32-22(34)36-33-20;1-2-3-4-18-19(35-21(31-18)13-5-7-14(8-6-13)22(24,25)26)12-34-15-9-10-16(20(30)32-33)17(11-15)23(27,28)29/h5-11H,2-4,12H2,1H3,(H,32,33,34);5-11,33H,2-4,12H2,1H3,(H2,30,32). The molecule has 7 rings (SSSR count). The first kappa shape index (κ1) is 54.4. The molecule has 7 aromatic rings. The van der Waals surface area contributed by atoms with Crippen molar-refractivity contribution in [2.75, 3.05) is 0 Å². The van der Waals surface area contributed by atoms with Gasteiger partial charge in [0.25, 0.3) is 0 Å². The minimum atomic E-state index is -4.77. The van der Waals surface area contributed by atoms with Crippen LogP contribution < -0.4 is 21.0 Å². The van der Waals surface area contributed by atoms with Crippen molar-refractivity contribution in [1.29, 1.82) is 0 Å². The number of oxime groups is 1. The number of rotatable bonds is 16. The molecule has 0 saturated heterocycles. The van der Waals surface area contributed by atoms with Gasteiger partial charge in [-0.3, -0.25) is 9.51 Å². The Balaban J connectivity index is 0.000000236. The van der Waals surface area contributed by atoms with Gasteiger partial charge in [-0.25, -0.2) is 14.8 Å². The molecule has 0 saturated carbocycles. The summed E-state index contributed by atoms with van der Waals surface area (Å²) in [4.78, 5) is 23.7. The van der Waals surface area contributed by atoms with E-state index in [0.29, 0.717) is 55.1 Å². The normalized spacial score (nSPS) is 12.4. The molecule has 0 amide bonds. The number of ether oxygens (including phenoxy) is 2. The number of nitrogens with zero attached hydrogens (tertiary/aromatic N) is 4. The van der Waals surface area contributed by atoms with Crippen molar-refractivity contribution in [1.82, 2.24) is 20.1 Å². The van der Waals surface area contributed by atoms with Crippen molar-refractivity contribution in [3.8, 4) is 44.0 Å². The SMILES string of the molecule is CCCCc1nc(-c2ccc(C(F)(F)F)cc2)sc1COc1ccc(-c2noc(=O)[nH]2)c(C(F)(F)F)c1.CCCCc1nc(-c2ccc(C(F)(F)F)cc2)sc1COc1ccc(C(N)=NO)c(C(F)(F)F)c1. The fourth-order valence-corrected chi connectivity index (χ4v) is 8.80. The third-order valence-electron chi connectivity index (χ3n) is 10.4. The lowest BCUT2D eigenvalue weighted by molar-refractivity contribution is -0.138. The summed E-state index contributed by atoms with van der Waals surface area (Å²) in [5, 5.41) is 15.7. The molecule has 3 aromatic heterocycles. The van der Waals surface area contributed by atoms with Crippen molar-refractivity contribution in [2.45, 2.75) is 90.3 Å². The Labute approximate surface area is 409 Å². The van der Waals surface area contributed by atoms with E-state index in [9.17, 15) is 57.5 Å². The van der Waals surface area contributed by atoms with E-state index in [1.165, 1.54) is 59.1 Å². The number of halogens is 12. The van der Waals surface area contributed by atoms with Gasteiger partial charge in [-0.1, -0.05) is 61.3 Å². The largest absolute Gasteiger partial charge is 0.488 e. The lowest BCUT2D eigenvalue weighted by Crippen LogP contribution is -2.20. The van der Waals surface area contributed by atoms with Gasteiger partial charge in [0.1, 0.15) is 34.7 Å². The lowest BCUT2D eigenvalue weighted by Gasteiger charge is -2.14. The van der Waals surface area contributed by atoms with Crippen LogP contribution in [-0.2, 0) is 50.8 Å². The summed E-state index contributed by atoms with van der Waals surface area (Å²) in [5.74, 6) is -2.20. The smallest absolute Gasteiger partial charge is 0.439 e. The van der Waals surface area contributed by atoms with Gasteiger partial charge in [0.15, 0.2) is 11.7 Å². The number of nitrogens with one attached hydrogen (secondary N) is 1. The molecule has 0 unspecified atom stereocenters. The number of thiazole rings is 2. The predicted octanol–water partition coefficient (Wildman–Crippen LogP) is 14.0. The topological polar surface area (TPSA) is 162 Å². The first-order valence-electron chi connectivity index (χ1n) is 21.4. The molecule has 0 radical (unpaired) electrons. The van der Waals surface area contributed by atoms with E-state index in [1.807, 2.05) is 13.8 Å². The maximum Gasteiger partial charge on any atom is 0.439 e. The second-order valence-corrected chi connectivity index (χ2v) is 17.7. The number of nitrogens with two attached hydrogens (primary N) is 1. The van der Waals surface area contributed by atoms with E-state index in [2.05, 4.69) is 29.8 Å². The molecule has 11 nitrogen and oxygen atoms in total. The van der Waals surface area contributed by atoms with Crippen LogP contribution in [0, 0.1) is 0 Å². The molecule has 0 bridgehead atoms. The molecule has 25 heteroatoms. The number of H-pyrrole nitrogens is 1. The van der Waals surface area contributed by atoms with Crippen LogP contribution in [0.25, 0.3) is 32.5 Å². The molecule has 4 N–H and O–H groups in total. The summed E-state index contributed by atoms with van der Waals surface area (Å²) in [6, 6.07) is 15.5. The van der Waals surface area contributed by atoms with Crippen LogP contribution in [0.15, 0.2) is 99.4 Å². The summed E-state index contributed by atoms with van der Waals surface area (Å²) in [7, 11) is 0. The van der Waals surface area contributed by atoms with Crippen LogP contribution in [0.4, 0.5) is 52.7 Å². The minimum Gasteiger partial charge on any atom is -0.488 e. The maximum atomic E-state index is 13.7. The van der Waals surface area contributed by atoms with Gasteiger partial charge in [0.2, 0.25) is 0 Å². The zero-order valence-corrected chi connectivity index (χ0v) is 39.2. The van der Waals surface area contributed by atoms with Crippen LogP contribution >= 0.6 is 22.7 Å². The van der Waals surface area contributed by atoms with E-state index in [0.717, 1.165) is 74.2 Å².